The number of piperazine rings is 1. The lowest BCUT2D eigenvalue weighted by Crippen LogP contribution is -2.59. The second-order valence-corrected chi connectivity index (χ2v) is 7.91. The minimum Gasteiger partial charge on any atom is -0.338 e. The molecule has 9 heteroatoms. The number of nitrogens with one attached hydrogen (secondary N) is 1. The van der Waals surface area contributed by atoms with Crippen LogP contribution >= 0.6 is 36.2 Å². The highest BCUT2D eigenvalue weighted by Gasteiger charge is 2.44. The maximum atomic E-state index is 13.4. The third-order valence-corrected chi connectivity index (χ3v) is 6.25. The number of nitrogens with zero attached hydrogens (tertiary/aromatic N) is 4. The molecular weight excluding hydrogens is 405 g/mol. The summed E-state index contributed by atoms with van der Waals surface area (Å²) < 4.78 is 1.90. The lowest BCUT2D eigenvalue weighted by molar-refractivity contribution is -0.145. The first-order valence-corrected chi connectivity index (χ1v) is 9.91. The summed E-state index contributed by atoms with van der Waals surface area (Å²) in [5, 5.41) is 9.92. The molecule has 1 amide bonds. The number of piperidine rings is 1. The fourth-order valence-corrected chi connectivity index (χ4v) is 4.68. The average Bonchev–Trinajstić information content (AvgIpc) is 3.36. The third-order valence-electron chi connectivity index (χ3n) is 5.39. The minimum atomic E-state index is -0.509. The van der Waals surface area contributed by atoms with Gasteiger partial charge in [-0.05, 0) is 43.4 Å². The summed E-state index contributed by atoms with van der Waals surface area (Å²) in [5.74, 6) is 0.244. The van der Waals surface area contributed by atoms with Crippen LogP contribution in [0.25, 0.3) is 0 Å². The molecular formula is C18H27Cl2N5OS. The van der Waals surface area contributed by atoms with Crippen molar-refractivity contribution in [2.75, 3.05) is 39.3 Å². The van der Waals surface area contributed by atoms with Gasteiger partial charge in [0.15, 0.2) is 0 Å². The van der Waals surface area contributed by atoms with Gasteiger partial charge in [0.25, 0.3) is 5.91 Å². The van der Waals surface area contributed by atoms with Crippen molar-refractivity contribution in [2.24, 2.45) is 0 Å². The number of aromatic nitrogens is 2. The van der Waals surface area contributed by atoms with Crippen molar-refractivity contribution >= 4 is 42.1 Å². The molecule has 2 fully saturated rings. The van der Waals surface area contributed by atoms with Crippen molar-refractivity contribution in [2.45, 2.75) is 24.9 Å². The molecule has 2 aliphatic heterocycles. The fraction of sp³-hybridized carbons (Fsp3) is 0.556. The topological polar surface area (TPSA) is 53.4 Å². The van der Waals surface area contributed by atoms with Crippen LogP contribution in [0.3, 0.4) is 0 Å². The van der Waals surface area contributed by atoms with Crippen LogP contribution in [0, 0.1) is 0 Å². The summed E-state index contributed by atoms with van der Waals surface area (Å²) in [6.45, 7) is 6.22. The van der Waals surface area contributed by atoms with E-state index in [1.807, 2.05) is 16.9 Å². The molecule has 4 heterocycles. The summed E-state index contributed by atoms with van der Waals surface area (Å²) in [7, 11) is 0. The molecule has 0 aromatic carbocycles. The number of halogens is 2. The van der Waals surface area contributed by atoms with Gasteiger partial charge < -0.3 is 10.2 Å². The molecule has 0 bridgehead atoms. The van der Waals surface area contributed by atoms with Crippen LogP contribution in [0.2, 0.25) is 0 Å². The van der Waals surface area contributed by atoms with Gasteiger partial charge >= 0.3 is 0 Å². The first-order chi connectivity index (χ1) is 12.3. The molecule has 0 aliphatic carbocycles. The van der Waals surface area contributed by atoms with Crippen LogP contribution in [0.15, 0.2) is 36.0 Å². The normalized spacial score (nSPS) is 19.8. The standard InChI is InChI=1S/C18H25N5OS.2ClH/c24-17(18(4-7-19-8-5-18)23-9-2-6-20-23)22-12-10-21(11-13-22)15-16-3-1-14-25-16;;/h1-3,6,9,14,19H,4-5,7-8,10-13,15H2;2*1H. The predicted molar refractivity (Wildman–Crippen MR) is 113 cm³/mol. The first kappa shape index (κ1) is 22.2. The van der Waals surface area contributed by atoms with Gasteiger partial charge in [0.2, 0.25) is 0 Å². The zero-order chi connectivity index (χ0) is 17.1. The molecule has 0 unspecified atom stereocenters. The van der Waals surface area contributed by atoms with Gasteiger partial charge in [-0.2, -0.15) is 5.10 Å². The molecule has 0 atom stereocenters. The van der Waals surface area contributed by atoms with Crippen LogP contribution < -0.4 is 5.32 Å². The van der Waals surface area contributed by atoms with E-state index in [4.69, 9.17) is 0 Å². The van der Waals surface area contributed by atoms with Gasteiger partial charge in [-0.3, -0.25) is 14.4 Å². The number of thiophene rings is 1. The second kappa shape index (κ2) is 9.89. The Hall–Kier alpha value is -1.12. The van der Waals surface area contributed by atoms with Gasteiger partial charge in [-0.15, -0.1) is 36.2 Å². The number of amides is 1. The predicted octanol–water partition coefficient (Wildman–Crippen LogP) is 2.21. The van der Waals surface area contributed by atoms with E-state index in [0.29, 0.717) is 0 Å². The molecule has 2 aliphatic rings. The maximum Gasteiger partial charge on any atom is 0.250 e. The van der Waals surface area contributed by atoms with E-state index in [9.17, 15) is 4.79 Å². The Kier molecular flexibility index (Phi) is 8.12. The van der Waals surface area contributed by atoms with Crippen LogP contribution in [-0.2, 0) is 16.9 Å². The van der Waals surface area contributed by atoms with E-state index in [2.05, 4.69) is 37.7 Å². The Bertz CT molecular complexity index is 681. The Morgan fingerprint density at radius 1 is 1.15 bits per heavy atom. The Balaban J connectivity index is 0.00000131. The van der Waals surface area contributed by atoms with Gasteiger partial charge in [-0.25, -0.2) is 0 Å². The molecule has 2 aromatic heterocycles. The Morgan fingerprint density at radius 2 is 1.89 bits per heavy atom. The zero-order valence-corrected chi connectivity index (χ0v) is 17.7. The number of rotatable bonds is 4. The van der Waals surface area contributed by atoms with Gasteiger partial charge in [0, 0.05) is 50.0 Å². The molecule has 150 valence electrons. The van der Waals surface area contributed by atoms with E-state index in [-0.39, 0.29) is 30.7 Å². The highest BCUT2D eigenvalue weighted by Crippen LogP contribution is 2.30. The van der Waals surface area contributed by atoms with E-state index >= 15 is 0 Å². The number of carbonyl (C=O) groups is 1. The molecule has 2 aromatic rings. The third kappa shape index (κ3) is 4.66. The lowest BCUT2D eigenvalue weighted by atomic mass is 9.86. The quantitative estimate of drug-likeness (QED) is 0.805. The van der Waals surface area contributed by atoms with E-state index < -0.39 is 5.54 Å². The van der Waals surface area contributed by atoms with Crippen molar-refractivity contribution in [3.63, 3.8) is 0 Å². The van der Waals surface area contributed by atoms with E-state index in [0.717, 1.165) is 58.7 Å². The maximum absolute atomic E-state index is 13.4. The molecule has 0 radical (unpaired) electrons. The molecule has 6 nitrogen and oxygen atoms in total. The van der Waals surface area contributed by atoms with Crippen LogP contribution in [0.4, 0.5) is 0 Å². The van der Waals surface area contributed by atoms with Crippen molar-refractivity contribution in [1.29, 1.82) is 0 Å². The molecule has 1 N–H and O–H groups in total. The SMILES string of the molecule is Cl.Cl.O=C(N1CCN(Cc2cccs2)CC1)C1(n2cccn2)CCNCC1. The zero-order valence-electron chi connectivity index (χ0n) is 15.2. The Labute approximate surface area is 176 Å². The van der Waals surface area contributed by atoms with Gasteiger partial charge in [-0.1, -0.05) is 6.07 Å². The summed E-state index contributed by atoms with van der Waals surface area (Å²) in [5.41, 5.74) is -0.509. The average molecular weight is 432 g/mol. The van der Waals surface area contributed by atoms with Crippen LogP contribution in [-0.4, -0.2) is 64.8 Å². The molecule has 4 rings (SSSR count). The van der Waals surface area contributed by atoms with Crippen molar-refractivity contribution < 1.29 is 4.79 Å². The number of carbonyl (C=O) groups excluding carboxylic acids is 1. The minimum absolute atomic E-state index is 0. The number of hydrogen-bond acceptors (Lipinski definition) is 5. The van der Waals surface area contributed by atoms with Crippen LogP contribution in [0.5, 0.6) is 0 Å². The monoisotopic (exact) mass is 431 g/mol. The van der Waals surface area contributed by atoms with Gasteiger partial charge in [0.1, 0.15) is 5.54 Å². The van der Waals surface area contributed by atoms with E-state index in [1.165, 1.54) is 4.88 Å². The highest BCUT2D eigenvalue weighted by molar-refractivity contribution is 7.09. The molecule has 0 spiro atoms. The van der Waals surface area contributed by atoms with Crippen molar-refractivity contribution in [1.82, 2.24) is 24.9 Å². The van der Waals surface area contributed by atoms with Crippen molar-refractivity contribution in [3.05, 3.63) is 40.8 Å². The highest BCUT2D eigenvalue weighted by atomic mass is 35.5. The summed E-state index contributed by atoms with van der Waals surface area (Å²) in [4.78, 5) is 19.3. The Morgan fingerprint density at radius 3 is 2.48 bits per heavy atom. The molecule has 0 saturated carbocycles. The van der Waals surface area contributed by atoms with Crippen LogP contribution in [0.1, 0.15) is 17.7 Å². The summed E-state index contributed by atoms with van der Waals surface area (Å²) in [6.07, 6.45) is 5.33. The van der Waals surface area contributed by atoms with E-state index in [1.54, 1.807) is 17.5 Å². The smallest absolute Gasteiger partial charge is 0.250 e. The summed E-state index contributed by atoms with van der Waals surface area (Å²) in [6, 6.07) is 6.20. The summed E-state index contributed by atoms with van der Waals surface area (Å²) >= 11 is 1.80. The second-order valence-electron chi connectivity index (χ2n) is 6.88. The number of hydrogen-bond donors (Lipinski definition) is 1. The first-order valence-electron chi connectivity index (χ1n) is 9.03. The van der Waals surface area contributed by atoms with Gasteiger partial charge in [0.05, 0.1) is 0 Å². The lowest BCUT2D eigenvalue weighted by Gasteiger charge is -2.43. The largest absolute Gasteiger partial charge is 0.338 e. The fourth-order valence-electron chi connectivity index (χ4n) is 3.93. The molecule has 27 heavy (non-hydrogen) atoms. The van der Waals surface area contributed by atoms with Crippen molar-refractivity contribution in [3.8, 4) is 0 Å². The molecule has 2 saturated heterocycles.